The average Bonchev–Trinajstić information content (AvgIpc) is 0.592. The van der Waals surface area contributed by atoms with E-state index in [0.717, 1.165) is 0 Å². The fourth-order valence-electron chi connectivity index (χ4n) is 0. The van der Waals surface area contributed by atoms with Crippen molar-refractivity contribution in [2.45, 2.75) is 0 Å². The second-order valence-corrected chi connectivity index (χ2v) is 2.62. The van der Waals surface area contributed by atoms with E-state index in [9.17, 15) is 23.3 Å². The van der Waals surface area contributed by atoms with E-state index in [1.807, 2.05) is 0 Å². The minimum Gasteiger partial charge on any atom is -0.0719 e. The van der Waals surface area contributed by atoms with Crippen LogP contribution in [0.15, 0.2) is 0 Å². The summed E-state index contributed by atoms with van der Waals surface area (Å²) in [6, 6.07) is 0. The van der Waals surface area contributed by atoms with Crippen LogP contribution in [-0.4, -0.2) is 0 Å². The molecule has 56 valence electrons. The van der Waals surface area contributed by atoms with Crippen molar-refractivity contribution >= 4 is 10.6 Å². The van der Waals surface area contributed by atoms with Gasteiger partial charge in [-0.3, -0.25) is 0 Å². The van der Waals surface area contributed by atoms with Gasteiger partial charge in [0.2, 0.25) is 0 Å². The Morgan fingerprint density at radius 2 is 0.625 bits per heavy atom. The van der Waals surface area contributed by atoms with Gasteiger partial charge in [0.1, 0.15) is 0 Å². The standard InChI is InChI=1S/Ar.F6S/c;1-7(2,3,4,5)6. The summed E-state index contributed by atoms with van der Waals surface area (Å²) >= 11 is 0. The number of hydrogen-bond acceptors (Lipinski definition) is 0. The molecule has 0 aromatic heterocycles. The first-order chi connectivity index (χ1) is 2.45. The van der Waals surface area contributed by atoms with E-state index in [1.54, 1.807) is 0 Å². The van der Waals surface area contributed by atoms with E-state index in [4.69, 9.17) is 0 Å². The van der Waals surface area contributed by atoms with E-state index < -0.39 is 10.6 Å². The van der Waals surface area contributed by atoms with E-state index in [0.29, 0.717) is 0 Å². The number of halogens is 6. The molecule has 0 aliphatic rings. The molecule has 0 aromatic carbocycles. The van der Waals surface area contributed by atoms with Crippen molar-refractivity contribution in [2.24, 2.45) is 0 Å². The van der Waals surface area contributed by atoms with Crippen LogP contribution in [0.1, 0.15) is 0 Å². The van der Waals surface area contributed by atoms with E-state index >= 15 is 0 Å². The quantitative estimate of drug-likeness (QED) is 0.509. The summed E-state index contributed by atoms with van der Waals surface area (Å²) in [6.45, 7) is 0. The average molecular weight is 186 g/mol. The minimum absolute atomic E-state index is 0. The van der Waals surface area contributed by atoms with Gasteiger partial charge in [-0.05, 0) is 0 Å². The predicted octanol–water partition coefficient (Wildman–Crippen LogP) is 3.17. The third-order valence-electron chi connectivity index (χ3n) is 0. The van der Waals surface area contributed by atoms with E-state index in [2.05, 4.69) is 0 Å². The molecule has 0 saturated heterocycles. The molecule has 0 amide bonds. The first-order valence-electron chi connectivity index (χ1n) is 0.926. The zero-order chi connectivity index (χ0) is 6.41. The molecule has 8 heteroatoms. The van der Waals surface area contributed by atoms with Crippen LogP contribution in [0.5, 0.6) is 0 Å². The Morgan fingerprint density at radius 3 is 0.625 bits per heavy atom. The normalized spacial score (nSPS) is 20.2. The smallest absolute Gasteiger partial charge is 0.0719 e. The van der Waals surface area contributed by atoms with Gasteiger partial charge in [0, 0.05) is 37.7 Å². The second-order valence-electron chi connectivity index (χ2n) is 0.875. The molecule has 0 radical (unpaired) electrons. The van der Waals surface area contributed by atoms with Gasteiger partial charge in [0.15, 0.2) is 0 Å². The first kappa shape index (κ1) is 11.9. The molecule has 0 unspecified atom stereocenters. The van der Waals surface area contributed by atoms with Crippen molar-refractivity contribution in [3.05, 3.63) is 0 Å². The first-order valence-corrected chi connectivity index (χ1v) is 2.78. The Kier molecular flexibility index (Phi) is 2.41. The molecule has 0 aliphatic heterocycles. The molecule has 0 rings (SSSR count). The monoisotopic (exact) mass is 186 g/mol. The van der Waals surface area contributed by atoms with Crippen LogP contribution >= 0.6 is 10.6 Å². The minimum atomic E-state index is -10.5. The fraction of sp³-hybridized carbons (Fsp3) is 0. The van der Waals surface area contributed by atoms with Crippen LogP contribution in [0.3, 0.4) is 0 Å². The van der Waals surface area contributed by atoms with Crippen molar-refractivity contribution < 1.29 is 61.1 Å². The maximum absolute atomic E-state index is 10.5. The van der Waals surface area contributed by atoms with Gasteiger partial charge in [-0.2, -0.15) is 0 Å². The van der Waals surface area contributed by atoms with Crippen LogP contribution in [0.2, 0.25) is 0 Å². The van der Waals surface area contributed by atoms with Gasteiger partial charge in [-0.1, -0.05) is 23.3 Å². The summed E-state index contributed by atoms with van der Waals surface area (Å²) in [7, 11) is -10.5. The van der Waals surface area contributed by atoms with Crippen molar-refractivity contribution in [3.8, 4) is 0 Å². The Hall–Kier alpha value is 1.19. The molecule has 0 nitrogen and oxygen atoms in total. The fourth-order valence-corrected chi connectivity index (χ4v) is 0. The van der Waals surface area contributed by atoms with Crippen LogP contribution in [0.25, 0.3) is 0 Å². The third kappa shape index (κ3) is 195. The van der Waals surface area contributed by atoms with Crippen LogP contribution < -0.4 is 0 Å². The Balaban J connectivity index is 0. The molecule has 0 aromatic rings. The molecule has 8 heavy (non-hydrogen) atoms. The molecule has 0 aliphatic carbocycles. The number of rotatable bonds is 0. The van der Waals surface area contributed by atoms with Gasteiger partial charge in [-0.15, -0.1) is 0 Å². The van der Waals surface area contributed by atoms with Gasteiger partial charge < -0.3 is 0 Å². The van der Waals surface area contributed by atoms with E-state index in [-0.39, 0.29) is 37.7 Å². The largest absolute Gasteiger partial charge is 0.431 e. The molecule has 0 fully saturated rings. The van der Waals surface area contributed by atoms with Crippen molar-refractivity contribution in [1.29, 1.82) is 0 Å². The molecule has 0 N–H and O–H groups in total. The third-order valence-corrected chi connectivity index (χ3v) is 0. The zero-order valence-corrected chi connectivity index (χ0v) is 4.55. The molecule has 0 heterocycles. The maximum atomic E-state index is 9.85. The van der Waals surface area contributed by atoms with Crippen molar-refractivity contribution in [1.82, 2.24) is 0 Å². The van der Waals surface area contributed by atoms with Gasteiger partial charge in [0.05, 0.1) is 0 Å². The molecule has 0 spiro atoms. The Bertz CT molecular complexity index is 67.1. The van der Waals surface area contributed by atoms with Gasteiger partial charge >= 0.3 is 10.6 Å². The van der Waals surface area contributed by atoms with Gasteiger partial charge in [-0.25, -0.2) is 0 Å². The van der Waals surface area contributed by atoms with Crippen LogP contribution in [0.4, 0.5) is 23.3 Å². The molecular formula is ArF6S. The van der Waals surface area contributed by atoms with Crippen LogP contribution in [-0.2, 0) is 0 Å². The zero-order valence-electron chi connectivity index (χ0n) is 3.03. The summed E-state index contributed by atoms with van der Waals surface area (Å²) in [5, 5.41) is 0. The SMILES string of the molecule is FS(F)(F)(F)(F)F.[Ar]. The van der Waals surface area contributed by atoms with E-state index in [1.165, 1.54) is 0 Å². The molecular weight excluding hydrogens is 186 g/mol. The molecule has 0 atom stereocenters. The van der Waals surface area contributed by atoms with Gasteiger partial charge in [0.25, 0.3) is 0 Å². The second kappa shape index (κ2) is 1.62. The van der Waals surface area contributed by atoms with Crippen molar-refractivity contribution in [2.75, 3.05) is 0 Å². The summed E-state index contributed by atoms with van der Waals surface area (Å²) in [5.41, 5.74) is 0. The Labute approximate surface area is 71.3 Å². The van der Waals surface area contributed by atoms with Crippen molar-refractivity contribution in [3.63, 3.8) is 0 Å². The summed E-state index contributed by atoms with van der Waals surface area (Å²) in [6.07, 6.45) is 0. The molecule has 0 saturated carbocycles. The maximum Gasteiger partial charge on any atom is 0.431 e. The predicted molar refractivity (Wildman–Crippen MR) is 14.2 cm³/mol. The topological polar surface area (TPSA) is 0 Å². The summed E-state index contributed by atoms with van der Waals surface area (Å²) in [4.78, 5) is 0. The Morgan fingerprint density at radius 1 is 0.625 bits per heavy atom. The number of hydrogen-bond donors (Lipinski definition) is 0. The summed E-state index contributed by atoms with van der Waals surface area (Å²) in [5.74, 6) is 0. The molecule has 0 bridgehead atoms. The van der Waals surface area contributed by atoms with Crippen LogP contribution in [0, 0.1) is 37.7 Å². The summed E-state index contributed by atoms with van der Waals surface area (Å²) < 4.78 is 59.1.